The summed E-state index contributed by atoms with van der Waals surface area (Å²) in [7, 11) is 0. The zero-order valence-electron chi connectivity index (χ0n) is 16.3. The molecule has 1 aromatic heterocycles. The fourth-order valence-electron chi connectivity index (χ4n) is 3.06. The molecule has 5 nitrogen and oxygen atoms in total. The van der Waals surface area contributed by atoms with Gasteiger partial charge in [-0.15, -0.1) is 0 Å². The fourth-order valence-corrected chi connectivity index (χ4v) is 3.19. The number of ether oxygens (including phenoxy) is 1. The molecule has 1 heterocycles. The van der Waals surface area contributed by atoms with Gasteiger partial charge in [-0.3, -0.25) is 9.48 Å². The lowest BCUT2D eigenvalue weighted by molar-refractivity contribution is 0.0939. The number of carbonyl (C=O) groups is 1. The molecule has 1 N–H and O–H groups in total. The Balaban J connectivity index is 1.64. The highest BCUT2D eigenvalue weighted by atomic mass is 35.5. The van der Waals surface area contributed by atoms with Crippen LogP contribution in [0.4, 0.5) is 0 Å². The predicted octanol–water partition coefficient (Wildman–Crippen LogP) is 4.93. The first-order valence-corrected chi connectivity index (χ1v) is 9.66. The van der Waals surface area contributed by atoms with Crippen molar-refractivity contribution in [1.82, 2.24) is 15.1 Å². The van der Waals surface area contributed by atoms with E-state index in [2.05, 4.69) is 10.4 Å². The molecule has 0 aliphatic rings. The number of nitrogens with one attached hydrogen (secondary N) is 1. The predicted molar refractivity (Wildman–Crippen MR) is 111 cm³/mol. The van der Waals surface area contributed by atoms with Crippen molar-refractivity contribution in [2.75, 3.05) is 0 Å². The van der Waals surface area contributed by atoms with Crippen LogP contribution in [0.15, 0.2) is 54.7 Å². The average Bonchev–Trinajstić information content (AvgIpc) is 3.08. The Morgan fingerprint density at radius 3 is 2.68 bits per heavy atom. The van der Waals surface area contributed by atoms with Crippen molar-refractivity contribution in [3.63, 3.8) is 0 Å². The van der Waals surface area contributed by atoms with Crippen LogP contribution in [0.2, 0.25) is 5.02 Å². The van der Waals surface area contributed by atoms with Crippen LogP contribution in [0.25, 0.3) is 0 Å². The molecule has 1 atom stereocenters. The largest absolute Gasteiger partial charge is 0.489 e. The van der Waals surface area contributed by atoms with Crippen LogP contribution in [0, 0.1) is 6.92 Å². The Morgan fingerprint density at radius 1 is 1.25 bits per heavy atom. The van der Waals surface area contributed by atoms with E-state index in [1.807, 2.05) is 62.0 Å². The van der Waals surface area contributed by atoms with Gasteiger partial charge in [-0.05, 0) is 62.7 Å². The summed E-state index contributed by atoms with van der Waals surface area (Å²) < 4.78 is 7.68. The second-order valence-electron chi connectivity index (χ2n) is 6.64. The fraction of sp³-hybridized carbons (Fsp3) is 0.273. The van der Waals surface area contributed by atoms with Gasteiger partial charge < -0.3 is 10.1 Å². The van der Waals surface area contributed by atoms with Gasteiger partial charge in [0.15, 0.2) is 0 Å². The molecule has 0 radical (unpaired) electrons. The van der Waals surface area contributed by atoms with Crippen molar-refractivity contribution < 1.29 is 9.53 Å². The van der Waals surface area contributed by atoms with Crippen molar-refractivity contribution in [3.8, 4) is 5.75 Å². The number of carbonyl (C=O) groups excluding carboxylic acids is 1. The van der Waals surface area contributed by atoms with Gasteiger partial charge in [-0.2, -0.15) is 5.10 Å². The van der Waals surface area contributed by atoms with Gasteiger partial charge in [-0.1, -0.05) is 23.7 Å². The second-order valence-corrected chi connectivity index (χ2v) is 7.08. The molecule has 0 spiro atoms. The van der Waals surface area contributed by atoms with Gasteiger partial charge in [0.05, 0.1) is 12.2 Å². The molecule has 0 bridgehead atoms. The number of halogens is 1. The van der Waals surface area contributed by atoms with E-state index in [9.17, 15) is 4.79 Å². The molecule has 0 aliphatic carbocycles. The minimum Gasteiger partial charge on any atom is -0.489 e. The Labute approximate surface area is 170 Å². The van der Waals surface area contributed by atoms with E-state index < -0.39 is 0 Å². The SMILES string of the molecule is CCn1ncc(C(C)NC(=O)c2cccc(COc3ccc(Cl)cc3)c2)c1C. The van der Waals surface area contributed by atoms with E-state index in [0.717, 1.165) is 29.1 Å². The van der Waals surface area contributed by atoms with Crippen molar-refractivity contribution in [1.29, 1.82) is 0 Å². The molecular weight excluding hydrogens is 374 g/mol. The van der Waals surface area contributed by atoms with Crippen molar-refractivity contribution in [2.24, 2.45) is 0 Å². The summed E-state index contributed by atoms with van der Waals surface area (Å²) in [6.45, 7) is 7.21. The maximum absolute atomic E-state index is 12.7. The summed E-state index contributed by atoms with van der Waals surface area (Å²) in [6.07, 6.45) is 1.82. The Hall–Kier alpha value is -2.79. The number of aryl methyl sites for hydroxylation is 1. The molecule has 1 amide bonds. The topological polar surface area (TPSA) is 56.2 Å². The van der Waals surface area contributed by atoms with Crippen LogP contribution in [-0.4, -0.2) is 15.7 Å². The smallest absolute Gasteiger partial charge is 0.251 e. The highest BCUT2D eigenvalue weighted by Crippen LogP contribution is 2.19. The molecule has 2 aromatic carbocycles. The normalized spacial score (nSPS) is 11.9. The highest BCUT2D eigenvalue weighted by Gasteiger charge is 2.16. The van der Waals surface area contributed by atoms with E-state index in [4.69, 9.17) is 16.3 Å². The van der Waals surface area contributed by atoms with E-state index in [1.165, 1.54) is 0 Å². The summed E-state index contributed by atoms with van der Waals surface area (Å²) in [6, 6.07) is 14.5. The average molecular weight is 398 g/mol. The molecule has 6 heteroatoms. The number of nitrogens with zero attached hydrogens (tertiary/aromatic N) is 2. The first-order chi connectivity index (χ1) is 13.5. The number of rotatable bonds is 7. The van der Waals surface area contributed by atoms with Crippen LogP contribution in [0.3, 0.4) is 0 Å². The first-order valence-electron chi connectivity index (χ1n) is 9.28. The van der Waals surface area contributed by atoms with Crippen molar-refractivity contribution >= 4 is 17.5 Å². The minimum absolute atomic E-state index is 0.121. The lowest BCUT2D eigenvalue weighted by Crippen LogP contribution is -2.27. The van der Waals surface area contributed by atoms with Crippen molar-refractivity contribution in [2.45, 2.75) is 40.0 Å². The third-order valence-electron chi connectivity index (χ3n) is 4.66. The molecule has 0 fully saturated rings. The minimum atomic E-state index is -0.123. The van der Waals surface area contributed by atoms with Gasteiger partial charge in [-0.25, -0.2) is 0 Å². The van der Waals surface area contributed by atoms with Crippen LogP contribution in [0.5, 0.6) is 5.75 Å². The number of hydrogen-bond donors (Lipinski definition) is 1. The maximum Gasteiger partial charge on any atom is 0.251 e. The number of hydrogen-bond acceptors (Lipinski definition) is 3. The van der Waals surface area contributed by atoms with E-state index >= 15 is 0 Å². The van der Waals surface area contributed by atoms with Crippen LogP contribution in [0.1, 0.15) is 47.1 Å². The molecule has 0 aliphatic heterocycles. The molecule has 0 saturated carbocycles. The standard InChI is InChI=1S/C22H24ClN3O2/c1-4-26-16(3)21(13-24-26)15(2)25-22(27)18-7-5-6-17(12-18)14-28-20-10-8-19(23)9-11-20/h5-13,15H,4,14H2,1-3H3,(H,25,27). The zero-order valence-corrected chi connectivity index (χ0v) is 17.0. The second kappa shape index (κ2) is 8.93. The third-order valence-corrected chi connectivity index (χ3v) is 4.92. The summed E-state index contributed by atoms with van der Waals surface area (Å²) in [5, 5.41) is 8.07. The Bertz CT molecular complexity index is 951. The van der Waals surface area contributed by atoms with Gasteiger partial charge in [0.25, 0.3) is 5.91 Å². The monoisotopic (exact) mass is 397 g/mol. The molecule has 28 heavy (non-hydrogen) atoms. The van der Waals surface area contributed by atoms with E-state index in [1.54, 1.807) is 18.2 Å². The van der Waals surface area contributed by atoms with Crippen LogP contribution >= 0.6 is 11.6 Å². The molecule has 146 valence electrons. The summed E-state index contributed by atoms with van der Waals surface area (Å²) in [5.41, 5.74) is 3.62. The van der Waals surface area contributed by atoms with Gasteiger partial charge in [0, 0.05) is 28.4 Å². The number of amides is 1. The molecule has 0 saturated heterocycles. The maximum atomic E-state index is 12.7. The summed E-state index contributed by atoms with van der Waals surface area (Å²) in [5.74, 6) is 0.612. The summed E-state index contributed by atoms with van der Waals surface area (Å²) >= 11 is 5.88. The van der Waals surface area contributed by atoms with E-state index in [-0.39, 0.29) is 11.9 Å². The number of benzene rings is 2. The van der Waals surface area contributed by atoms with Crippen molar-refractivity contribution in [3.05, 3.63) is 82.1 Å². The Morgan fingerprint density at radius 2 is 2.00 bits per heavy atom. The molecule has 3 rings (SSSR count). The first kappa shape index (κ1) is 20.0. The Kier molecular flexibility index (Phi) is 6.37. The lowest BCUT2D eigenvalue weighted by atomic mass is 10.1. The van der Waals surface area contributed by atoms with Gasteiger partial charge >= 0.3 is 0 Å². The van der Waals surface area contributed by atoms with Gasteiger partial charge in [0.2, 0.25) is 0 Å². The van der Waals surface area contributed by atoms with Crippen LogP contribution < -0.4 is 10.1 Å². The molecule has 1 unspecified atom stereocenters. The third kappa shape index (κ3) is 4.73. The molecular formula is C22H24ClN3O2. The van der Waals surface area contributed by atoms with E-state index in [0.29, 0.717) is 17.2 Å². The molecule has 3 aromatic rings. The quantitative estimate of drug-likeness (QED) is 0.614. The zero-order chi connectivity index (χ0) is 20.1. The van der Waals surface area contributed by atoms with Crippen LogP contribution in [-0.2, 0) is 13.2 Å². The highest BCUT2D eigenvalue weighted by molar-refractivity contribution is 6.30. The van der Waals surface area contributed by atoms with Gasteiger partial charge in [0.1, 0.15) is 12.4 Å². The lowest BCUT2D eigenvalue weighted by Gasteiger charge is -2.14. The number of aromatic nitrogens is 2. The summed E-state index contributed by atoms with van der Waals surface area (Å²) in [4.78, 5) is 12.7.